The average molecular weight is 296 g/mol. The highest BCUT2D eigenvalue weighted by Gasteiger charge is 2.21. The van der Waals surface area contributed by atoms with E-state index in [2.05, 4.69) is 10.6 Å². The van der Waals surface area contributed by atoms with Crippen LogP contribution in [0.4, 0.5) is 4.79 Å². The van der Waals surface area contributed by atoms with Crippen LogP contribution in [-0.4, -0.2) is 35.7 Å². The first kappa shape index (κ1) is 16.4. The van der Waals surface area contributed by atoms with Crippen molar-refractivity contribution in [2.45, 2.75) is 18.9 Å². The summed E-state index contributed by atoms with van der Waals surface area (Å²) in [6.45, 7) is 0.549. The number of aliphatic carboxylic acids is 1. The van der Waals surface area contributed by atoms with Gasteiger partial charge in [-0.2, -0.15) is 11.8 Å². The van der Waals surface area contributed by atoms with Crippen molar-refractivity contribution >= 4 is 23.8 Å². The predicted molar refractivity (Wildman–Crippen MR) is 81.0 cm³/mol. The van der Waals surface area contributed by atoms with Crippen LogP contribution in [0, 0.1) is 0 Å². The molecule has 0 saturated carbocycles. The molecular formula is C14H20N2O3S. The highest BCUT2D eigenvalue weighted by molar-refractivity contribution is 7.98. The first-order valence-electron chi connectivity index (χ1n) is 6.46. The molecule has 0 aromatic heterocycles. The van der Waals surface area contributed by atoms with E-state index >= 15 is 0 Å². The lowest BCUT2D eigenvalue weighted by atomic mass is 10.1. The summed E-state index contributed by atoms with van der Waals surface area (Å²) in [6.07, 6.45) is 3.96. The molecule has 5 nitrogen and oxygen atoms in total. The smallest absolute Gasteiger partial charge is 0.330 e. The summed E-state index contributed by atoms with van der Waals surface area (Å²) in [5.74, 6) is -0.0147. The number of amides is 2. The molecule has 0 heterocycles. The van der Waals surface area contributed by atoms with E-state index in [0.717, 1.165) is 18.6 Å². The van der Waals surface area contributed by atoms with Crippen LogP contribution in [0.15, 0.2) is 30.3 Å². The first-order chi connectivity index (χ1) is 9.65. The third kappa shape index (κ3) is 5.97. The Morgan fingerprint density at radius 2 is 1.95 bits per heavy atom. The van der Waals surface area contributed by atoms with Gasteiger partial charge in [-0.1, -0.05) is 30.3 Å². The van der Waals surface area contributed by atoms with Crippen LogP contribution in [0.25, 0.3) is 0 Å². The number of benzene rings is 1. The van der Waals surface area contributed by atoms with E-state index in [1.807, 2.05) is 6.26 Å². The van der Waals surface area contributed by atoms with Gasteiger partial charge in [0.1, 0.15) is 0 Å². The lowest BCUT2D eigenvalue weighted by molar-refractivity contribution is -0.139. The molecule has 0 spiro atoms. The minimum absolute atomic E-state index is 0.453. The van der Waals surface area contributed by atoms with Gasteiger partial charge in [0, 0.05) is 6.54 Å². The monoisotopic (exact) mass is 296 g/mol. The first-order valence-corrected chi connectivity index (χ1v) is 7.85. The van der Waals surface area contributed by atoms with E-state index in [1.54, 1.807) is 42.1 Å². The maximum atomic E-state index is 11.7. The zero-order valence-electron chi connectivity index (χ0n) is 11.5. The number of hydrogen-bond acceptors (Lipinski definition) is 3. The quantitative estimate of drug-likeness (QED) is 0.643. The number of thioether (sulfide) groups is 1. The number of hydrogen-bond donors (Lipinski definition) is 3. The zero-order chi connectivity index (χ0) is 14.8. The van der Waals surface area contributed by atoms with Gasteiger partial charge in [0.15, 0.2) is 6.04 Å². The molecule has 110 valence electrons. The molecule has 1 aromatic carbocycles. The minimum atomic E-state index is -1.08. The van der Waals surface area contributed by atoms with Gasteiger partial charge in [-0.15, -0.1) is 0 Å². The number of unbranched alkanes of at least 4 members (excludes halogenated alkanes) is 1. The zero-order valence-corrected chi connectivity index (χ0v) is 12.3. The molecule has 6 heteroatoms. The molecule has 0 aliphatic rings. The van der Waals surface area contributed by atoms with Gasteiger partial charge >= 0.3 is 12.0 Å². The second-order valence-corrected chi connectivity index (χ2v) is 5.27. The summed E-state index contributed by atoms with van der Waals surface area (Å²) in [7, 11) is 0. The summed E-state index contributed by atoms with van der Waals surface area (Å²) in [4.78, 5) is 22.9. The third-order valence-corrected chi connectivity index (χ3v) is 3.41. The van der Waals surface area contributed by atoms with Crippen molar-refractivity contribution in [1.29, 1.82) is 0 Å². The summed E-state index contributed by atoms with van der Waals surface area (Å²) in [5, 5.41) is 14.3. The Hall–Kier alpha value is -1.69. The van der Waals surface area contributed by atoms with E-state index in [4.69, 9.17) is 0 Å². The molecule has 1 unspecified atom stereocenters. The minimum Gasteiger partial charge on any atom is -0.479 e. The second-order valence-electron chi connectivity index (χ2n) is 4.28. The van der Waals surface area contributed by atoms with Crippen molar-refractivity contribution in [2.24, 2.45) is 0 Å². The predicted octanol–water partition coefficient (Wildman–Crippen LogP) is 2.25. The van der Waals surface area contributed by atoms with Crippen LogP contribution in [0.3, 0.4) is 0 Å². The fraction of sp³-hybridized carbons (Fsp3) is 0.429. The summed E-state index contributed by atoms with van der Waals surface area (Å²) >= 11 is 1.77. The number of carbonyl (C=O) groups excluding carboxylic acids is 1. The molecule has 1 rings (SSSR count). The van der Waals surface area contributed by atoms with Gasteiger partial charge in [0.05, 0.1) is 0 Å². The van der Waals surface area contributed by atoms with Crippen molar-refractivity contribution in [1.82, 2.24) is 10.6 Å². The van der Waals surface area contributed by atoms with Gasteiger partial charge < -0.3 is 15.7 Å². The van der Waals surface area contributed by atoms with Gasteiger partial charge in [-0.05, 0) is 30.4 Å². The number of nitrogens with one attached hydrogen (secondary N) is 2. The molecule has 1 aromatic rings. The number of carbonyl (C=O) groups is 2. The molecule has 0 radical (unpaired) electrons. The molecule has 20 heavy (non-hydrogen) atoms. The summed E-state index contributed by atoms with van der Waals surface area (Å²) in [6, 6.07) is 7.16. The molecule has 0 aliphatic carbocycles. The molecule has 0 saturated heterocycles. The second kappa shape index (κ2) is 9.25. The number of carboxylic acid groups (broad SMARTS) is 1. The van der Waals surface area contributed by atoms with Crippen LogP contribution in [-0.2, 0) is 4.79 Å². The Bertz CT molecular complexity index is 426. The van der Waals surface area contributed by atoms with E-state index in [1.165, 1.54) is 0 Å². The number of rotatable bonds is 8. The fourth-order valence-corrected chi connectivity index (χ4v) is 2.18. The summed E-state index contributed by atoms with van der Waals surface area (Å²) < 4.78 is 0. The summed E-state index contributed by atoms with van der Waals surface area (Å²) in [5.41, 5.74) is 0.553. The Labute approximate surface area is 123 Å². The highest BCUT2D eigenvalue weighted by Crippen LogP contribution is 2.12. The van der Waals surface area contributed by atoms with Gasteiger partial charge in [0.2, 0.25) is 0 Å². The SMILES string of the molecule is CSCCCCNC(=O)NC(C(=O)O)c1ccccc1. The van der Waals surface area contributed by atoms with Crippen LogP contribution >= 0.6 is 11.8 Å². The normalized spacial score (nSPS) is 11.7. The number of carboxylic acids is 1. The Morgan fingerprint density at radius 3 is 2.55 bits per heavy atom. The van der Waals surface area contributed by atoms with Crippen molar-refractivity contribution in [3.05, 3.63) is 35.9 Å². The van der Waals surface area contributed by atoms with Gasteiger partial charge in [0.25, 0.3) is 0 Å². The standard InChI is InChI=1S/C14H20N2O3S/c1-20-10-6-5-9-15-14(19)16-12(13(17)18)11-7-3-2-4-8-11/h2-4,7-8,12H,5-6,9-10H2,1H3,(H,17,18)(H2,15,16,19). The van der Waals surface area contributed by atoms with E-state index in [0.29, 0.717) is 12.1 Å². The lowest BCUT2D eigenvalue weighted by Gasteiger charge is -2.15. The highest BCUT2D eigenvalue weighted by atomic mass is 32.2. The molecular weight excluding hydrogens is 276 g/mol. The van der Waals surface area contributed by atoms with Crippen molar-refractivity contribution < 1.29 is 14.7 Å². The van der Waals surface area contributed by atoms with Gasteiger partial charge in [-0.3, -0.25) is 0 Å². The molecule has 1 atom stereocenters. The largest absolute Gasteiger partial charge is 0.479 e. The lowest BCUT2D eigenvalue weighted by Crippen LogP contribution is -2.41. The Morgan fingerprint density at radius 1 is 1.25 bits per heavy atom. The Kier molecular flexibility index (Phi) is 7.57. The number of urea groups is 1. The third-order valence-electron chi connectivity index (χ3n) is 2.72. The van der Waals surface area contributed by atoms with Crippen molar-refractivity contribution in [3.63, 3.8) is 0 Å². The van der Waals surface area contributed by atoms with E-state index in [-0.39, 0.29) is 0 Å². The molecule has 3 N–H and O–H groups in total. The molecule has 0 bridgehead atoms. The van der Waals surface area contributed by atoms with Crippen molar-refractivity contribution in [2.75, 3.05) is 18.6 Å². The molecule has 0 aliphatic heterocycles. The topological polar surface area (TPSA) is 78.4 Å². The van der Waals surface area contributed by atoms with Gasteiger partial charge in [-0.25, -0.2) is 9.59 Å². The van der Waals surface area contributed by atoms with Crippen LogP contribution in [0.1, 0.15) is 24.4 Å². The van der Waals surface area contributed by atoms with E-state index < -0.39 is 18.0 Å². The average Bonchev–Trinajstić information content (AvgIpc) is 2.45. The van der Waals surface area contributed by atoms with Crippen LogP contribution < -0.4 is 10.6 Å². The van der Waals surface area contributed by atoms with Crippen LogP contribution in [0.2, 0.25) is 0 Å². The maximum absolute atomic E-state index is 11.7. The van der Waals surface area contributed by atoms with Crippen molar-refractivity contribution in [3.8, 4) is 0 Å². The molecule has 2 amide bonds. The fourth-order valence-electron chi connectivity index (χ4n) is 1.69. The van der Waals surface area contributed by atoms with Crippen LogP contribution in [0.5, 0.6) is 0 Å². The maximum Gasteiger partial charge on any atom is 0.330 e. The van der Waals surface area contributed by atoms with E-state index in [9.17, 15) is 14.7 Å². The Balaban J connectivity index is 2.43. The molecule has 0 fully saturated rings.